The number of benzene rings is 1. The molecule has 1 aromatic rings. The molecule has 1 aromatic carbocycles. The van der Waals surface area contributed by atoms with E-state index in [1.165, 1.54) is 5.56 Å². The van der Waals surface area contributed by atoms with E-state index in [-0.39, 0.29) is 5.41 Å². The van der Waals surface area contributed by atoms with E-state index in [1.807, 2.05) is 12.1 Å². The first kappa shape index (κ1) is 14.9. The quantitative estimate of drug-likeness (QED) is 0.755. The molecule has 0 fully saturated rings. The van der Waals surface area contributed by atoms with Crippen LogP contribution in [0.4, 0.5) is 0 Å². The lowest BCUT2D eigenvalue weighted by atomic mass is 9.86. The predicted octanol–water partition coefficient (Wildman–Crippen LogP) is 4.40. The highest BCUT2D eigenvalue weighted by atomic mass is 28.4. The minimum atomic E-state index is -1.70. The van der Waals surface area contributed by atoms with Gasteiger partial charge in [-0.25, -0.2) is 0 Å². The Labute approximate surface area is 112 Å². The van der Waals surface area contributed by atoms with Crippen LogP contribution in [-0.2, 0) is 9.84 Å². The molecule has 0 aromatic heterocycles. The third-order valence-electron chi connectivity index (χ3n) is 2.67. The van der Waals surface area contributed by atoms with Crippen molar-refractivity contribution in [3.05, 3.63) is 35.4 Å². The fraction of sp³-hybridized carbons (Fsp3) is 0.533. The van der Waals surface area contributed by atoms with Crippen molar-refractivity contribution in [2.24, 2.45) is 0 Å². The zero-order valence-corrected chi connectivity index (χ0v) is 13.2. The second-order valence-electron chi connectivity index (χ2n) is 6.61. The van der Waals surface area contributed by atoms with Gasteiger partial charge in [-0.3, -0.25) is 0 Å². The average Bonchev–Trinajstić information content (AvgIpc) is 2.24. The number of hydrogen-bond acceptors (Lipinski definition) is 2. The average molecular weight is 261 g/mol. The number of hydrogen-bond donors (Lipinski definition) is 0. The summed E-state index contributed by atoms with van der Waals surface area (Å²) in [7, 11) is -1.70. The number of nitriles is 1. The second kappa shape index (κ2) is 5.25. The van der Waals surface area contributed by atoms with E-state index >= 15 is 0 Å². The molecular formula is C15H23NOSi. The zero-order valence-electron chi connectivity index (χ0n) is 12.2. The maximum Gasteiger partial charge on any atom is 0.186 e. The van der Waals surface area contributed by atoms with Gasteiger partial charge >= 0.3 is 0 Å². The molecule has 0 N–H and O–H groups in total. The first-order chi connectivity index (χ1) is 8.13. The molecule has 0 saturated carbocycles. The van der Waals surface area contributed by atoms with Gasteiger partial charge in [0.2, 0.25) is 0 Å². The van der Waals surface area contributed by atoms with Gasteiger partial charge in [0, 0.05) is 0 Å². The molecular weight excluding hydrogens is 238 g/mol. The van der Waals surface area contributed by atoms with Gasteiger partial charge in [0.1, 0.15) is 0 Å². The van der Waals surface area contributed by atoms with E-state index in [9.17, 15) is 5.26 Å². The highest BCUT2D eigenvalue weighted by Gasteiger charge is 2.22. The summed E-state index contributed by atoms with van der Waals surface area (Å²) in [6.45, 7) is 12.8. The molecule has 0 spiro atoms. The lowest BCUT2D eigenvalue weighted by Crippen LogP contribution is -2.27. The van der Waals surface area contributed by atoms with Crippen LogP contribution >= 0.6 is 0 Å². The van der Waals surface area contributed by atoms with E-state index in [0.717, 1.165) is 5.56 Å². The molecule has 0 amide bonds. The maximum absolute atomic E-state index is 9.22. The van der Waals surface area contributed by atoms with E-state index in [4.69, 9.17) is 4.43 Å². The summed E-state index contributed by atoms with van der Waals surface area (Å²) in [6, 6.07) is 10.4. The van der Waals surface area contributed by atoms with Crippen molar-refractivity contribution in [2.45, 2.75) is 51.9 Å². The van der Waals surface area contributed by atoms with Crippen LogP contribution in [0.15, 0.2) is 24.3 Å². The summed E-state index contributed by atoms with van der Waals surface area (Å²) in [5, 5.41) is 9.22. The van der Waals surface area contributed by atoms with Crippen LogP contribution in [0, 0.1) is 11.3 Å². The summed E-state index contributed by atoms with van der Waals surface area (Å²) in [4.78, 5) is 0. The second-order valence-corrected chi connectivity index (χ2v) is 11.1. The van der Waals surface area contributed by atoms with Crippen molar-refractivity contribution in [2.75, 3.05) is 0 Å². The lowest BCUT2D eigenvalue weighted by Gasteiger charge is -2.23. The van der Waals surface area contributed by atoms with E-state index in [1.54, 1.807) is 0 Å². The smallest absolute Gasteiger partial charge is 0.186 e. The Morgan fingerprint density at radius 2 is 1.61 bits per heavy atom. The molecule has 0 aliphatic heterocycles. The topological polar surface area (TPSA) is 33.0 Å². The monoisotopic (exact) mass is 261 g/mol. The van der Waals surface area contributed by atoms with Gasteiger partial charge in [-0.2, -0.15) is 5.26 Å². The molecule has 1 atom stereocenters. The Hall–Kier alpha value is -1.11. The zero-order chi connectivity index (χ0) is 14.0. The van der Waals surface area contributed by atoms with Gasteiger partial charge in [-0.15, -0.1) is 0 Å². The fourth-order valence-corrected chi connectivity index (χ4v) is 2.58. The molecule has 1 rings (SSSR count). The summed E-state index contributed by atoms with van der Waals surface area (Å²) < 4.78 is 5.88. The standard InChI is InChI=1S/C15H23NOSi/c1-15(2,3)13-9-7-12(8-10-13)14(11-16)17-18(4,5)6/h7-10,14H,1-6H3. The number of nitrogens with zero attached hydrogens (tertiary/aromatic N) is 1. The summed E-state index contributed by atoms with van der Waals surface area (Å²) in [5.74, 6) is 0. The maximum atomic E-state index is 9.22. The normalized spacial score (nSPS) is 14.1. The van der Waals surface area contributed by atoms with E-state index in [0.29, 0.717) is 0 Å². The minimum absolute atomic E-state index is 0.139. The van der Waals surface area contributed by atoms with Crippen molar-refractivity contribution >= 4 is 8.32 Å². The summed E-state index contributed by atoms with van der Waals surface area (Å²) in [5.41, 5.74) is 2.36. The Morgan fingerprint density at radius 1 is 1.11 bits per heavy atom. The highest BCUT2D eigenvalue weighted by molar-refractivity contribution is 6.69. The SMILES string of the molecule is CC(C)(C)c1ccc(C(C#N)O[Si](C)(C)C)cc1. The molecule has 2 nitrogen and oxygen atoms in total. The van der Waals surface area contributed by atoms with Gasteiger partial charge in [0.15, 0.2) is 14.4 Å². The van der Waals surface area contributed by atoms with E-state index < -0.39 is 14.4 Å². The lowest BCUT2D eigenvalue weighted by molar-refractivity contribution is 0.255. The molecule has 0 heterocycles. The van der Waals surface area contributed by atoms with Crippen LogP contribution in [0.25, 0.3) is 0 Å². The third-order valence-corrected chi connectivity index (χ3v) is 3.61. The van der Waals surface area contributed by atoms with Crippen molar-refractivity contribution in [1.29, 1.82) is 5.26 Å². The van der Waals surface area contributed by atoms with Crippen molar-refractivity contribution < 1.29 is 4.43 Å². The Bertz CT molecular complexity index is 432. The van der Waals surface area contributed by atoms with Gasteiger partial charge in [0.25, 0.3) is 0 Å². The molecule has 0 bridgehead atoms. The Kier molecular flexibility index (Phi) is 4.36. The van der Waals surface area contributed by atoms with Crippen LogP contribution in [0.5, 0.6) is 0 Å². The van der Waals surface area contributed by atoms with Crippen molar-refractivity contribution in [3.8, 4) is 6.07 Å². The molecule has 1 unspecified atom stereocenters. The molecule has 3 heteroatoms. The highest BCUT2D eigenvalue weighted by Crippen LogP contribution is 2.26. The first-order valence-corrected chi connectivity index (χ1v) is 9.72. The number of rotatable bonds is 3. The van der Waals surface area contributed by atoms with Crippen LogP contribution in [0.2, 0.25) is 19.6 Å². The molecule has 0 aliphatic carbocycles. The summed E-state index contributed by atoms with van der Waals surface area (Å²) >= 11 is 0. The van der Waals surface area contributed by atoms with Crippen molar-refractivity contribution in [1.82, 2.24) is 0 Å². The van der Waals surface area contributed by atoms with Gasteiger partial charge < -0.3 is 4.43 Å². The fourth-order valence-electron chi connectivity index (χ4n) is 1.68. The van der Waals surface area contributed by atoms with Gasteiger partial charge in [0.05, 0.1) is 6.07 Å². The molecule has 18 heavy (non-hydrogen) atoms. The van der Waals surface area contributed by atoms with Crippen LogP contribution in [-0.4, -0.2) is 8.32 Å². The Balaban J connectivity index is 2.94. The van der Waals surface area contributed by atoms with E-state index in [2.05, 4.69) is 58.6 Å². The predicted molar refractivity (Wildman–Crippen MR) is 77.9 cm³/mol. The van der Waals surface area contributed by atoms with Gasteiger partial charge in [-0.1, -0.05) is 45.0 Å². The molecule has 0 radical (unpaired) electrons. The molecule has 0 saturated heterocycles. The molecule has 98 valence electrons. The molecule has 0 aliphatic rings. The Morgan fingerprint density at radius 3 is 1.94 bits per heavy atom. The van der Waals surface area contributed by atoms with Crippen LogP contribution in [0.1, 0.15) is 38.0 Å². The van der Waals surface area contributed by atoms with Crippen molar-refractivity contribution in [3.63, 3.8) is 0 Å². The largest absolute Gasteiger partial charge is 0.399 e. The first-order valence-electron chi connectivity index (χ1n) is 6.31. The third kappa shape index (κ3) is 4.28. The minimum Gasteiger partial charge on any atom is -0.399 e. The van der Waals surface area contributed by atoms with Crippen LogP contribution in [0.3, 0.4) is 0 Å². The summed E-state index contributed by atoms with van der Waals surface area (Å²) in [6.07, 6.45) is -0.439. The van der Waals surface area contributed by atoms with Gasteiger partial charge in [-0.05, 0) is 36.2 Å². The van der Waals surface area contributed by atoms with Crippen LogP contribution < -0.4 is 0 Å².